The van der Waals surface area contributed by atoms with Gasteiger partial charge in [-0.1, -0.05) is 23.2 Å². The van der Waals surface area contributed by atoms with Crippen LogP contribution in [0.4, 0.5) is 19.0 Å². The molecule has 0 aliphatic rings. The van der Waals surface area contributed by atoms with Crippen LogP contribution < -0.4 is 5.32 Å². The van der Waals surface area contributed by atoms with Crippen molar-refractivity contribution in [3.8, 4) is 11.1 Å². The maximum atomic E-state index is 13.0. The highest BCUT2D eigenvalue weighted by molar-refractivity contribution is 7.90. The summed E-state index contributed by atoms with van der Waals surface area (Å²) in [6.07, 6.45) is -1.75. The molecule has 12 heteroatoms. The number of halogens is 5. The SMILES string of the molecule is CC(=O)Nc1cc(-c2cnc(Cl)c(CS(=O)(=O)c3ccc(C(F)(F)F)cc3Cl)c2C)ccn1. The third-order valence-corrected chi connectivity index (χ3v) is 7.16. The van der Waals surface area contributed by atoms with Gasteiger partial charge in [0.15, 0.2) is 9.84 Å². The summed E-state index contributed by atoms with van der Waals surface area (Å²) in [5.41, 5.74) is 0.736. The lowest BCUT2D eigenvalue weighted by Crippen LogP contribution is -2.11. The summed E-state index contributed by atoms with van der Waals surface area (Å²) in [6, 6.07) is 5.28. The van der Waals surface area contributed by atoms with Crippen LogP contribution in [0, 0.1) is 6.92 Å². The zero-order chi connectivity index (χ0) is 24.6. The molecule has 1 amide bonds. The summed E-state index contributed by atoms with van der Waals surface area (Å²) in [5, 5.41) is 1.94. The van der Waals surface area contributed by atoms with Gasteiger partial charge in [-0.2, -0.15) is 13.2 Å². The molecule has 0 radical (unpaired) electrons. The van der Waals surface area contributed by atoms with Gasteiger partial charge in [0, 0.05) is 30.4 Å². The Hall–Kier alpha value is -2.69. The molecule has 0 atom stereocenters. The number of benzene rings is 1. The van der Waals surface area contributed by atoms with Gasteiger partial charge in [-0.05, 0) is 48.4 Å². The molecule has 0 bridgehead atoms. The fraction of sp³-hybridized carbons (Fsp3) is 0.190. The first-order valence-electron chi connectivity index (χ1n) is 9.27. The van der Waals surface area contributed by atoms with Crippen molar-refractivity contribution < 1.29 is 26.4 Å². The van der Waals surface area contributed by atoms with Gasteiger partial charge in [-0.15, -0.1) is 0 Å². The second kappa shape index (κ2) is 9.28. The molecule has 2 heterocycles. The number of nitrogens with zero attached hydrogens (tertiary/aromatic N) is 2. The molecule has 1 N–H and O–H groups in total. The Morgan fingerprint density at radius 2 is 1.82 bits per heavy atom. The van der Waals surface area contributed by atoms with Crippen molar-refractivity contribution in [2.75, 3.05) is 5.32 Å². The highest BCUT2D eigenvalue weighted by Crippen LogP contribution is 2.36. The van der Waals surface area contributed by atoms with Gasteiger partial charge in [-0.3, -0.25) is 4.79 Å². The highest BCUT2D eigenvalue weighted by atomic mass is 35.5. The van der Waals surface area contributed by atoms with E-state index in [2.05, 4.69) is 15.3 Å². The molecule has 0 aliphatic carbocycles. The lowest BCUT2D eigenvalue weighted by Gasteiger charge is -2.15. The summed E-state index contributed by atoms with van der Waals surface area (Å²) in [5.74, 6) is -0.654. The number of hydrogen-bond donors (Lipinski definition) is 1. The zero-order valence-corrected chi connectivity index (χ0v) is 19.5. The number of nitrogens with one attached hydrogen (secondary N) is 1. The number of anilines is 1. The molecule has 0 saturated carbocycles. The van der Waals surface area contributed by atoms with Crippen LogP contribution in [0.3, 0.4) is 0 Å². The van der Waals surface area contributed by atoms with Crippen LogP contribution in [0.25, 0.3) is 11.1 Å². The van der Waals surface area contributed by atoms with Crippen LogP contribution in [0.5, 0.6) is 0 Å². The van der Waals surface area contributed by atoms with Crippen LogP contribution >= 0.6 is 23.2 Å². The van der Waals surface area contributed by atoms with Crippen molar-refractivity contribution in [1.29, 1.82) is 0 Å². The van der Waals surface area contributed by atoms with E-state index in [0.29, 0.717) is 34.6 Å². The molecule has 3 aromatic rings. The van der Waals surface area contributed by atoms with Crippen LogP contribution in [0.1, 0.15) is 23.6 Å². The normalized spacial score (nSPS) is 12.0. The molecule has 0 unspecified atom stereocenters. The maximum absolute atomic E-state index is 13.0. The standard InChI is InChI=1S/C21H16Cl2F3N3O3S/c1-11-15(13-5-6-27-19(7-13)29-12(2)30)9-28-20(23)16(11)10-33(31,32)18-4-3-14(8-17(18)22)21(24,25)26/h3-9H,10H2,1-2H3,(H,27,29,30). The number of amides is 1. The van der Waals surface area contributed by atoms with Crippen LogP contribution in [-0.4, -0.2) is 24.3 Å². The number of alkyl halides is 3. The number of rotatable bonds is 5. The van der Waals surface area contributed by atoms with Gasteiger partial charge in [-0.25, -0.2) is 18.4 Å². The van der Waals surface area contributed by atoms with Crippen molar-refractivity contribution in [2.24, 2.45) is 0 Å². The quantitative estimate of drug-likeness (QED) is 0.437. The van der Waals surface area contributed by atoms with E-state index in [0.717, 1.165) is 6.07 Å². The minimum absolute atomic E-state index is 0.0704. The smallest absolute Gasteiger partial charge is 0.311 e. The van der Waals surface area contributed by atoms with E-state index in [-0.39, 0.29) is 16.6 Å². The fourth-order valence-corrected chi connectivity index (χ4v) is 5.51. The van der Waals surface area contributed by atoms with E-state index in [1.54, 1.807) is 19.1 Å². The molecule has 0 fully saturated rings. The Balaban J connectivity index is 2.02. The maximum Gasteiger partial charge on any atom is 0.416 e. The molecule has 6 nitrogen and oxygen atoms in total. The second-order valence-electron chi connectivity index (χ2n) is 7.08. The molecular formula is C21H16Cl2F3N3O3S. The molecule has 33 heavy (non-hydrogen) atoms. The summed E-state index contributed by atoms with van der Waals surface area (Å²) < 4.78 is 64.7. The summed E-state index contributed by atoms with van der Waals surface area (Å²) >= 11 is 12.1. The summed E-state index contributed by atoms with van der Waals surface area (Å²) in [7, 11) is -4.17. The van der Waals surface area contributed by atoms with E-state index in [4.69, 9.17) is 23.2 Å². The van der Waals surface area contributed by atoms with Crippen molar-refractivity contribution in [2.45, 2.75) is 30.7 Å². The zero-order valence-electron chi connectivity index (χ0n) is 17.2. The molecule has 0 saturated heterocycles. The van der Waals surface area contributed by atoms with Gasteiger partial charge in [0.25, 0.3) is 0 Å². The number of carbonyl (C=O) groups is 1. The number of hydrogen-bond acceptors (Lipinski definition) is 5. The van der Waals surface area contributed by atoms with E-state index >= 15 is 0 Å². The average molecular weight is 518 g/mol. The van der Waals surface area contributed by atoms with Crippen molar-refractivity contribution in [3.63, 3.8) is 0 Å². The van der Waals surface area contributed by atoms with Crippen molar-refractivity contribution in [1.82, 2.24) is 9.97 Å². The fourth-order valence-electron chi connectivity index (χ4n) is 3.12. The van der Waals surface area contributed by atoms with Gasteiger partial charge in [0.1, 0.15) is 11.0 Å². The van der Waals surface area contributed by atoms with Gasteiger partial charge in [0.2, 0.25) is 5.91 Å². The monoisotopic (exact) mass is 517 g/mol. The van der Waals surface area contributed by atoms with Gasteiger partial charge >= 0.3 is 6.18 Å². The third kappa shape index (κ3) is 5.63. The Morgan fingerprint density at radius 1 is 1.12 bits per heavy atom. The first-order valence-corrected chi connectivity index (χ1v) is 11.7. The number of aromatic nitrogens is 2. The van der Waals surface area contributed by atoms with Crippen LogP contribution in [0.2, 0.25) is 10.2 Å². The topological polar surface area (TPSA) is 89.0 Å². The Bertz CT molecular complexity index is 1350. The minimum atomic E-state index is -4.66. The van der Waals surface area contributed by atoms with E-state index in [1.807, 2.05) is 0 Å². The number of sulfone groups is 1. The molecular weight excluding hydrogens is 502 g/mol. The molecule has 0 spiro atoms. The minimum Gasteiger partial charge on any atom is -0.311 e. The lowest BCUT2D eigenvalue weighted by molar-refractivity contribution is -0.137. The number of carbonyl (C=O) groups excluding carboxylic acids is 1. The first kappa shape index (κ1) is 24.9. The molecule has 1 aromatic carbocycles. The van der Waals surface area contributed by atoms with Crippen molar-refractivity contribution in [3.05, 3.63) is 69.6 Å². The largest absolute Gasteiger partial charge is 0.416 e. The summed E-state index contributed by atoms with van der Waals surface area (Å²) in [4.78, 5) is 19.0. The Labute approximate surface area is 197 Å². The predicted molar refractivity (Wildman–Crippen MR) is 119 cm³/mol. The second-order valence-corrected chi connectivity index (χ2v) is 9.80. The molecule has 3 rings (SSSR count). The van der Waals surface area contributed by atoms with E-state index in [1.165, 1.54) is 19.3 Å². The van der Waals surface area contributed by atoms with Crippen molar-refractivity contribution >= 4 is 44.8 Å². The molecule has 2 aromatic heterocycles. The first-order chi connectivity index (χ1) is 15.3. The summed E-state index contributed by atoms with van der Waals surface area (Å²) in [6.45, 7) is 2.97. The van der Waals surface area contributed by atoms with E-state index in [9.17, 15) is 26.4 Å². The number of pyridine rings is 2. The highest BCUT2D eigenvalue weighted by Gasteiger charge is 2.32. The van der Waals surface area contributed by atoms with E-state index < -0.39 is 37.2 Å². The lowest BCUT2D eigenvalue weighted by atomic mass is 10.0. The van der Waals surface area contributed by atoms with Gasteiger partial charge < -0.3 is 5.32 Å². The average Bonchev–Trinajstić information content (AvgIpc) is 2.70. The molecule has 174 valence electrons. The van der Waals surface area contributed by atoms with Gasteiger partial charge in [0.05, 0.1) is 21.2 Å². The molecule has 0 aliphatic heterocycles. The van der Waals surface area contributed by atoms with Crippen LogP contribution in [0.15, 0.2) is 47.6 Å². The van der Waals surface area contributed by atoms with Crippen LogP contribution in [-0.2, 0) is 26.6 Å². The Kier molecular flexibility index (Phi) is 7.01. The Morgan fingerprint density at radius 3 is 2.42 bits per heavy atom. The third-order valence-electron chi connectivity index (χ3n) is 4.72. The predicted octanol–water partition coefficient (Wildman–Crippen LogP) is 5.71.